The van der Waals surface area contributed by atoms with Crippen LogP contribution in [-0.2, 0) is 6.18 Å². The normalized spacial score (nSPS) is 13.5. The maximum Gasteiger partial charge on any atom is 0.443 e. The number of hydrazine groups is 1. The van der Waals surface area contributed by atoms with E-state index in [9.17, 15) is 13.2 Å². The van der Waals surface area contributed by atoms with Crippen molar-refractivity contribution in [2.24, 2.45) is 5.84 Å². The number of rotatable bonds is 3. The summed E-state index contributed by atoms with van der Waals surface area (Å²) in [5.74, 6) is 5.41. The Hall–Kier alpha value is -1.51. The van der Waals surface area contributed by atoms with Gasteiger partial charge in [-0.05, 0) is 19.1 Å². The summed E-state index contributed by atoms with van der Waals surface area (Å²) in [6.07, 6.45) is -3.27. The van der Waals surface area contributed by atoms with E-state index in [4.69, 9.17) is 5.84 Å². The highest BCUT2D eigenvalue weighted by Crippen LogP contribution is 2.35. The summed E-state index contributed by atoms with van der Waals surface area (Å²) in [6, 6.07) is 4.66. The summed E-state index contributed by atoms with van der Waals surface area (Å²) >= 11 is 0.555. The summed E-state index contributed by atoms with van der Waals surface area (Å²) in [5.41, 5.74) is 3.78. The summed E-state index contributed by atoms with van der Waals surface area (Å²) < 4.78 is 37.5. The smallest absolute Gasteiger partial charge is 0.270 e. The number of alkyl halides is 3. The van der Waals surface area contributed by atoms with Gasteiger partial charge in [-0.15, -0.1) is 11.3 Å². The van der Waals surface area contributed by atoms with E-state index in [1.807, 2.05) is 0 Å². The van der Waals surface area contributed by atoms with Crippen molar-refractivity contribution in [3.05, 3.63) is 45.7 Å². The SMILES string of the molecule is Cc1cccc(C(NN)c2cnc(C(F)(F)F)s2)n1. The van der Waals surface area contributed by atoms with Crippen LogP contribution in [0.15, 0.2) is 24.4 Å². The van der Waals surface area contributed by atoms with Gasteiger partial charge in [0.2, 0.25) is 0 Å². The Morgan fingerprint density at radius 1 is 1.37 bits per heavy atom. The fraction of sp³-hybridized carbons (Fsp3) is 0.273. The van der Waals surface area contributed by atoms with Gasteiger partial charge in [0, 0.05) is 16.8 Å². The Kier molecular flexibility index (Phi) is 3.83. The van der Waals surface area contributed by atoms with E-state index >= 15 is 0 Å². The highest BCUT2D eigenvalue weighted by Gasteiger charge is 2.35. The highest BCUT2D eigenvalue weighted by atomic mass is 32.1. The first kappa shape index (κ1) is 13.9. The van der Waals surface area contributed by atoms with Crippen molar-refractivity contribution in [1.29, 1.82) is 0 Å². The molecule has 2 aromatic heterocycles. The molecule has 8 heteroatoms. The fourth-order valence-electron chi connectivity index (χ4n) is 1.59. The number of pyridine rings is 1. The van der Waals surface area contributed by atoms with Gasteiger partial charge in [-0.25, -0.2) is 10.4 Å². The molecule has 0 aliphatic rings. The average Bonchev–Trinajstić information content (AvgIpc) is 2.79. The standard InChI is InChI=1S/C11H11F3N4S/c1-6-3-2-4-7(17-6)9(18-15)8-5-16-10(19-8)11(12,13)14/h2-5,9,18H,15H2,1H3. The quantitative estimate of drug-likeness (QED) is 0.672. The van der Waals surface area contributed by atoms with Crippen molar-refractivity contribution in [1.82, 2.24) is 15.4 Å². The molecule has 1 atom stereocenters. The first-order valence-electron chi connectivity index (χ1n) is 5.34. The zero-order chi connectivity index (χ0) is 14.0. The molecule has 4 nitrogen and oxygen atoms in total. The summed E-state index contributed by atoms with van der Waals surface area (Å²) in [6.45, 7) is 1.80. The van der Waals surface area contributed by atoms with Gasteiger partial charge in [0.25, 0.3) is 0 Å². The molecule has 0 bridgehead atoms. The van der Waals surface area contributed by atoms with E-state index in [1.165, 1.54) is 6.20 Å². The number of hydrogen-bond donors (Lipinski definition) is 2. The minimum absolute atomic E-state index is 0.368. The molecule has 102 valence electrons. The van der Waals surface area contributed by atoms with Gasteiger partial charge in [-0.2, -0.15) is 13.2 Å². The zero-order valence-electron chi connectivity index (χ0n) is 9.90. The van der Waals surface area contributed by atoms with Gasteiger partial charge in [-0.1, -0.05) is 6.07 Å². The van der Waals surface area contributed by atoms with Crippen molar-refractivity contribution >= 4 is 11.3 Å². The third kappa shape index (κ3) is 3.09. The topological polar surface area (TPSA) is 63.8 Å². The number of thiazole rings is 1. The minimum Gasteiger partial charge on any atom is -0.270 e. The lowest BCUT2D eigenvalue weighted by Gasteiger charge is -2.13. The second-order valence-corrected chi connectivity index (χ2v) is 4.93. The number of hydrogen-bond acceptors (Lipinski definition) is 5. The largest absolute Gasteiger partial charge is 0.443 e. The molecule has 0 amide bonds. The molecule has 2 heterocycles. The Balaban J connectivity index is 2.35. The molecule has 1 unspecified atom stereocenters. The van der Waals surface area contributed by atoms with E-state index in [0.29, 0.717) is 21.9 Å². The first-order valence-corrected chi connectivity index (χ1v) is 6.16. The van der Waals surface area contributed by atoms with Gasteiger partial charge in [-0.3, -0.25) is 10.8 Å². The number of nitrogens with two attached hydrogens (primary N) is 1. The number of nitrogens with zero attached hydrogens (tertiary/aromatic N) is 2. The Morgan fingerprint density at radius 2 is 2.11 bits per heavy atom. The summed E-state index contributed by atoms with van der Waals surface area (Å²) in [7, 11) is 0. The molecule has 2 rings (SSSR count). The molecule has 3 N–H and O–H groups in total. The van der Waals surface area contributed by atoms with Gasteiger partial charge < -0.3 is 0 Å². The molecular formula is C11H11F3N4S. The average molecular weight is 288 g/mol. The summed E-state index contributed by atoms with van der Waals surface area (Å²) in [5, 5.41) is -0.893. The van der Waals surface area contributed by atoms with Crippen LogP contribution < -0.4 is 11.3 Å². The van der Waals surface area contributed by atoms with E-state index in [-0.39, 0.29) is 0 Å². The predicted molar refractivity (Wildman–Crippen MR) is 65.3 cm³/mol. The number of halogens is 3. The van der Waals surface area contributed by atoms with Gasteiger partial charge in [0.1, 0.15) is 0 Å². The van der Waals surface area contributed by atoms with Crippen LogP contribution in [-0.4, -0.2) is 9.97 Å². The second-order valence-electron chi connectivity index (χ2n) is 3.87. The van der Waals surface area contributed by atoms with Gasteiger partial charge >= 0.3 is 6.18 Å². The molecule has 0 aliphatic heterocycles. The van der Waals surface area contributed by atoms with Crippen molar-refractivity contribution in [2.45, 2.75) is 19.1 Å². The first-order chi connectivity index (χ1) is 8.91. The van der Waals surface area contributed by atoms with Crippen LogP contribution >= 0.6 is 11.3 Å². The Morgan fingerprint density at radius 3 is 2.63 bits per heavy atom. The van der Waals surface area contributed by atoms with Crippen LogP contribution in [0.25, 0.3) is 0 Å². The van der Waals surface area contributed by atoms with Crippen LogP contribution in [0.2, 0.25) is 0 Å². The predicted octanol–water partition coefficient (Wildman–Crippen LogP) is 2.42. The monoisotopic (exact) mass is 288 g/mol. The third-order valence-electron chi connectivity index (χ3n) is 2.42. The van der Waals surface area contributed by atoms with E-state index in [2.05, 4.69) is 15.4 Å². The van der Waals surface area contributed by atoms with Crippen LogP contribution in [0, 0.1) is 6.92 Å². The van der Waals surface area contributed by atoms with E-state index in [0.717, 1.165) is 5.69 Å². The van der Waals surface area contributed by atoms with Crippen molar-refractivity contribution < 1.29 is 13.2 Å². The molecule has 0 aliphatic carbocycles. The molecular weight excluding hydrogens is 277 g/mol. The molecule has 0 spiro atoms. The van der Waals surface area contributed by atoms with Crippen molar-refractivity contribution in [3.63, 3.8) is 0 Å². The third-order valence-corrected chi connectivity index (χ3v) is 3.53. The Bertz CT molecular complexity index is 567. The second kappa shape index (κ2) is 5.24. The summed E-state index contributed by atoms with van der Waals surface area (Å²) in [4.78, 5) is 7.99. The minimum atomic E-state index is -4.44. The maximum absolute atomic E-state index is 12.5. The van der Waals surface area contributed by atoms with Crippen LogP contribution in [0.4, 0.5) is 13.2 Å². The Labute approximate surface area is 111 Å². The van der Waals surface area contributed by atoms with Crippen molar-refractivity contribution in [3.8, 4) is 0 Å². The number of aryl methyl sites for hydroxylation is 1. The van der Waals surface area contributed by atoms with Crippen LogP contribution in [0.5, 0.6) is 0 Å². The molecule has 19 heavy (non-hydrogen) atoms. The molecule has 0 saturated heterocycles. The molecule has 0 aromatic carbocycles. The van der Waals surface area contributed by atoms with Crippen LogP contribution in [0.1, 0.15) is 27.3 Å². The molecule has 0 fully saturated rings. The number of nitrogens with one attached hydrogen (secondary N) is 1. The fourth-order valence-corrected chi connectivity index (χ4v) is 2.45. The number of aromatic nitrogens is 2. The van der Waals surface area contributed by atoms with E-state index in [1.54, 1.807) is 25.1 Å². The molecule has 0 saturated carbocycles. The zero-order valence-corrected chi connectivity index (χ0v) is 10.7. The lowest BCUT2D eigenvalue weighted by molar-refractivity contribution is -0.137. The molecule has 0 radical (unpaired) electrons. The highest BCUT2D eigenvalue weighted by molar-refractivity contribution is 7.11. The van der Waals surface area contributed by atoms with Crippen molar-refractivity contribution in [2.75, 3.05) is 0 Å². The lowest BCUT2D eigenvalue weighted by Crippen LogP contribution is -2.29. The maximum atomic E-state index is 12.5. The van der Waals surface area contributed by atoms with Gasteiger partial charge in [0.05, 0.1) is 11.7 Å². The lowest BCUT2D eigenvalue weighted by atomic mass is 10.1. The van der Waals surface area contributed by atoms with Crippen LogP contribution in [0.3, 0.4) is 0 Å². The van der Waals surface area contributed by atoms with Gasteiger partial charge in [0.15, 0.2) is 5.01 Å². The molecule has 2 aromatic rings. The van der Waals surface area contributed by atoms with E-state index < -0.39 is 17.2 Å².